The number of carbonyl (C=O) groups excluding carboxylic acids is 1. The largest absolute Gasteiger partial charge is 0.321 e. The van der Waals surface area contributed by atoms with Crippen LogP contribution in [0.1, 0.15) is 25.1 Å². The fourth-order valence-corrected chi connectivity index (χ4v) is 2.94. The molecule has 0 radical (unpaired) electrons. The molecule has 1 fully saturated rings. The van der Waals surface area contributed by atoms with Gasteiger partial charge in [0.05, 0.1) is 6.04 Å². The van der Waals surface area contributed by atoms with Crippen LogP contribution < -0.4 is 5.32 Å². The Morgan fingerprint density at radius 2 is 2.00 bits per heavy atom. The maximum absolute atomic E-state index is 12.3. The van der Waals surface area contributed by atoms with Gasteiger partial charge in [0.1, 0.15) is 6.17 Å². The molecule has 0 spiro atoms. The fraction of sp³-hybridized carbons (Fsp3) is 0.500. The van der Waals surface area contributed by atoms with Gasteiger partial charge in [-0.1, -0.05) is 30.7 Å². The Kier molecular flexibility index (Phi) is 5.18. The fourth-order valence-electron chi connectivity index (χ4n) is 2.36. The van der Waals surface area contributed by atoms with Crippen molar-refractivity contribution in [3.63, 3.8) is 0 Å². The molecule has 3 unspecified atom stereocenters. The van der Waals surface area contributed by atoms with Crippen LogP contribution in [0.15, 0.2) is 24.3 Å². The predicted molar refractivity (Wildman–Crippen MR) is 82.1 cm³/mol. The molecule has 1 N–H and O–H groups in total. The minimum atomic E-state index is -0.907. The molecule has 0 aromatic heterocycles. The van der Waals surface area contributed by atoms with Gasteiger partial charge in [0.15, 0.2) is 0 Å². The van der Waals surface area contributed by atoms with Gasteiger partial charge in [-0.05, 0) is 24.1 Å². The Balaban J connectivity index is 2.21. The normalized spacial score (nSPS) is 24.1. The third kappa shape index (κ3) is 3.40. The lowest BCUT2D eigenvalue weighted by Gasteiger charge is -2.24. The van der Waals surface area contributed by atoms with E-state index in [-0.39, 0.29) is 18.1 Å². The lowest BCUT2D eigenvalue weighted by atomic mass is 10.1. The minimum absolute atomic E-state index is 0.0814. The van der Waals surface area contributed by atoms with Crippen LogP contribution in [0, 0.1) is 0 Å². The summed E-state index contributed by atoms with van der Waals surface area (Å²) in [5, 5.41) is 4.01. The summed E-state index contributed by atoms with van der Waals surface area (Å²) in [6.45, 7) is 2.48. The van der Waals surface area contributed by atoms with Crippen molar-refractivity contribution in [2.75, 3.05) is 18.6 Å². The first-order chi connectivity index (χ1) is 9.52. The summed E-state index contributed by atoms with van der Waals surface area (Å²) < 4.78 is 11.3. The molecule has 1 heterocycles. The molecule has 1 aliphatic heterocycles. The Bertz CT molecular complexity index is 506. The number of nitrogens with zero attached hydrogens (tertiary/aromatic N) is 1. The van der Waals surface area contributed by atoms with E-state index in [0.717, 1.165) is 12.0 Å². The zero-order valence-electron chi connectivity index (χ0n) is 11.6. The highest BCUT2D eigenvalue weighted by atomic mass is 35.5. The van der Waals surface area contributed by atoms with Crippen molar-refractivity contribution in [1.82, 2.24) is 10.2 Å². The average molecular weight is 315 g/mol. The number of benzene rings is 1. The molecule has 0 saturated carbocycles. The lowest BCUT2D eigenvalue weighted by Crippen LogP contribution is -2.34. The second kappa shape index (κ2) is 6.70. The third-order valence-corrected chi connectivity index (χ3v) is 4.48. The monoisotopic (exact) mass is 314 g/mol. The van der Waals surface area contributed by atoms with Gasteiger partial charge in [-0.2, -0.15) is 0 Å². The first-order valence-electron chi connectivity index (χ1n) is 6.65. The zero-order chi connectivity index (χ0) is 14.7. The summed E-state index contributed by atoms with van der Waals surface area (Å²) in [5.74, 6) is 0.575. The van der Waals surface area contributed by atoms with Gasteiger partial charge in [-0.25, -0.2) is 0 Å². The molecule has 6 heteroatoms. The van der Waals surface area contributed by atoms with E-state index in [1.165, 1.54) is 0 Å². The summed E-state index contributed by atoms with van der Waals surface area (Å²) in [4.78, 5) is 14.1. The molecule has 1 aromatic rings. The van der Waals surface area contributed by atoms with Crippen LogP contribution in [-0.4, -0.2) is 39.6 Å². The number of hydrogen-bond acceptors (Lipinski definition) is 3. The second-order valence-corrected chi connectivity index (χ2v) is 6.88. The molecule has 1 aromatic carbocycles. The Morgan fingerprint density at radius 3 is 2.55 bits per heavy atom. The van der Waals surface area contributed by atoms with E-state index in [0.29, 0.717) is 17.3 Å². The van der Waals surface area contributed by atoms with Crippen molar-refractivity contribution in [3.05, 3.63) is 34.9 Å². The molecule has 1 amide bonds. The van der Waals surface area contributed by atoms with Crippen LogP contribution in [0.5, 0.6) is 0 Å². The smallest absolute Gasteiger partial charge is 0.241 e. The van der Waals surface area contributed by atoms with Gasteiger partial charge in [-0.3, -0.25) is 14.3 Å². The highest BCUT2D eigenvalue weighted by molar-refractivity contribution is 7.84. The summed E-state index contributed by atoms with van der Waals surface area (Å²) in [6, 6.07) is 7.31. The van der Waals surface area contributed by atoms with Gasteiger partial charge in [0, 0.05) is 34.4 Å². The number of amides is 1. The number of nitrogens with one attached hydrogen (secondary N) is 1. The lowest BCUT2D eigenvalue weighted by molar-refractivity contribution is -0.129. The Labute approximate surface area is 126 Å². The molecule has 2 rings (SSSR count). The van der Waals surface area contributed by atoms with Gasteiger partial charge in [0.25, 0.3) is 0 Å². The van der Waals surface area contributed by atoms with E-state index in [2.05, 4.69) is 5.32 Å². The van der Waals surface area contributed by atoms with E-state index in [9.17, 15) is 9.00 Å². The number of carbonyl (C=O) groups is 1. The molecular formula is C14H19ClN2O2S. The summed E-state index contributed by atoms with van der Waals surface area (Å²) in [5.41, 5.74) is 1.00. The van der Waals surface area contributed by atoms with Gasteiger partial charge in [-0.15, -0.1) is 0 Å². The molecule has 1 saturated heterocycles. The minimum Gasteiger partial charge on any atom is -0.321 e. The topological polar surface area (TPSA) is 49.4 Å². The number of rotatable bonds is 5. The van der Waals surface area contributed by atoms with Crippen molar-refractivity contribution in [1.29, 1.82) is 0 Å². The molecule has 110 valence electrons. The van der Waals surface area contributed by atoms with E-state index >= 15 is 0 Å². The Hall–Kier alpha value is -0.910. The van der Waals surface area contributed by atoms with E-state index in [1.54, 1.807) is 11.2 Å². The van der Waals surface area contributed by atoms with E-state index < -0.39 is 10.8 Å². The van der Waals surface area contributed by atoms with Gasteiger partial charge < -0.3 is 4.90 Å². The zero-order valence-corrected chi connectivity index (χ0v) is 13.2. The molecule has 1 aliphatic rings. The van der Waals surface area contributed by atoms with Gasteiger partial charge in [0.2, 0.25) is 5.91 Å². The molecule has 4 nitrogen and oxygen atoms in total. The van der Waals surface area contributed by atoms with Crippen LogP contribution in [-0.2, 0) is 15.6 Å². The molecule has 3 atom stereocenters. The van der Waals surface area contributed by atoms with Gasteiger partial charge >= 0.3 is 0 Å². The highest BCUT2D eigenvalue weighted by Crippen LogP contribution is 2.27. The number of halogens is 1. The first-order valence-corrected chi connectivity index (χ1v) is 8.75. The highest BCUT2D eigenvalue weighted by Gasteiger charge is 2.38. The van der Waals surface area contributed by atoms with E-state index in [4.69, 9.17) is 11.6 Å². The standard InChI is InChI=1S/C14H19ClN2O2S/c1-3-12-14(18)17(8-9-20(2)19)13(16-12)10-4-6-11(15)7-5-10/h4-7,12-13,16H,3,8-9H2,1-2H3. The predicted octanol–water partition coefficient (Wildman–Crippen LogP) is 1.93. The van der Waals surface area contributed by atoms with Crippen molar-refractivity contribution >= 4 is 28.3 Å². The number of hydrogen-bond donors (Lipinski definition) is 1. The molecule has 20 heavy (non-hydrogen) atoms. The maximum Gasteiger partial charge on any atom is 0.241 e. The van der Waals surface area contributed by atoms with Crippen molar-refractivity contribution < 1.29 is 9.00 Å². The third-order valence-electron chi connectivity index (χ3n) is 3.47. The average Bonchev–Trinajstić information content (AvgIpc) is 2.74. The van der Waals surface area contributed by atoms with Crippen LogP contribution in [0.2, 0.25) is 5.02 Å². The summed E-state index contributed by atoms with van der Waals surface area (Å²) in [7, 11) is -0.907. The molecule has 0 aliphatic carbocycles. The van der Waals surface area contributed by atoms with Crippen LogP contribution in [0.4, 0.5) is 0 Å². The Morgan fingerprint density at radius 1 is 1.35 bits per heavy atom. The first kappa shape index (κ1) is 15.5. The maximum atomic E-state index is 12.3. The van der Waals surface area contributed by atoms with Crippen LogP contribution in [0.3, 0.4) is 0 Å². The van der Waals surface area contributed by atoms with E-state index in [1.807, 2.05) is 31.2 Å². The van der Waals surface area contributed by atoms with Crippen molar-refractivity contribution in [2.45, 2.75) is 25.6 Å². The molecule has 0 bridgehead atoms. The van der Waals surface area contributed by atoms with Crippen LogP contribution in [0.25, 0.3) is 0 Å². The SMILES string of the molecule is CCC1NC(c2ccc(Cl)cc2)N(CCS(C)=O)C1=O. The second-order valence-electron chi connectivity index (χ2n) is 4.89. The summed E-state index contributed by atoms with van der Waals surface area (Å²) >= 11 is 5.90. The summed E-state index contributed by atoms with van der Waals surface area (Å²) in [6.07, 6.45) is 2.24. The van der Waals surface area contributed by atoms with Crippen LogP contribution >= 0.6 is 11.6 Å². The van der Waals surface area contributed by atoms with Crippen molar-refractivity contribution in [2.24, 2.45) is 0 Å². The quantitative estimate of drug-likeness (QED) is 0.903. The van der Waals surface area contributed by atoms with Crippen molar-refractivity contribution in [3.8, 4) is 0 Å². The molecular weight excluding hydrogens is 296 g/mol.